The van der Waals surface area contributed by atoms with E-state index in [1.165, 1.54) is 6.33 Å². The number of likely N-dealkylation sites (tertiary alicyclic amines) is 1. The number of carbonyl (C=O) groups excluding carboxylic acids is 2. The number of aryl methyl sites for hydroxylation is 1. The summed E-state index contributed by atoms with van der Waals surface area (Å²) in [6.45, 7) is 3.18. The van der Waals surface area contributed by atoms with Gasteiger partial charge in [0.05, 0.1) is 6.04 Å². The number of aromatic nitrogens is 3. The number of anilines is 1. The average molecular weight is 339 g/mol. The SMILES string of the molecule is Cc1cccc2c1CCN2C(=O)C(=O)N1CCCCC1c1ncn[nH]1. The highest BCUT2D eigenvalue weighted by atomic mass is 16.2. The predicted octanol–water partition coefficient (Wildman–Crippen LogP) is 1.76. The highest BCUT2D eigenvalue weighted by Gasteiger charge is 2.37. The van der Waals surface area contributed by atoms with Gasteiger partial charge >= 0.3 is 11.8 Å². The van der Waals surface area contributed by atoms with E-state index in [4.69, 9.17) is 0 Å². The Morgan fingerprint density at radius 1 is 1.20 bits per heavy atom. The van der Waals surface area contributed by atoms with Gasteiger partial charge in [0.25, 0.3) is 0 Å². The Labute approximate surface area is 146 Å². The molecule has 1 unspecified atom stereocenters. The van der Waals surface area contributed by atoms with Gasteiger partial charge in [-0.2, -0.15) is 5.10 Å². The van der Waals surface area contributed by atoms with Crippen LogP contribution in [-0.2, 0) is 16.0 Å². The first-order chi connectivity index (χ1) is 12.2. The lowest BCUT2D eigenvalue weighted by Crippen LogP contribution is -2.48. The van der Waals surface area contributed by atoms with Crippen LogP contribution >= 0.6 is 0 Å². The summed E-state index contributed by atoms with van der Waals surface area (Å²) in [6, 6.07) is 5.69. The number of nitrogens with one attached hydrogen (secondary N) is 1. The fourth-order valence-electron chi connectivity index (χ4n) is 3.89. The highest BCUT2D eigenvalue weighted by molar-refractivity contribution is 6.40. The topological polar surface area (TPSA) is 82.2 Å². The number of piperidine rings is 1. The lowest BCUT2D eigenvalue weighted by atomic mass is 10.0. The van der Waals surface area contributed by atoms with Crippen molar-refractivity contribution in [3.63, 3.8) is 0 Å². The number of nitrogens with zero attached hydrogens (tertiary/aromatic N) is 4. The molecule has 0 spiro atoms. The summed E-state index contributed by atoms with van der Waals surface area (Å²) in [4.78, 5) is 33.3. The maximum absolute atomic E-state index is 13.0. The first-order valence-electron chi connectivity index (χ1n) is 8.73. The molecule has 1 N–H and O–H groups in total. The summed E-state index contributed by atoms with van der Waals surface area (Å²) in [5.74, 6) is -0.246. The molecular formula is C18H21N5O2. The molecule has 25 heavy (non-hydrogen) atoms. The second-order valence-electron chi connectivity index (χ2n) is 6.66. The van der Waals surface area contributed by atoms with Crippen molar-refractivity contribution in [2.75, 3.05) is 18.0 Å². The summed E-state index contributed by atoms with van der Waals surface area (Å²) >= 11 is 0. The molecule has 2 aliphatic heterocycles. The summed E-state index contributed by atoms with van der Waals surface area (Å²) in [7, 11) is 0. The number of hydrogen-bond donors (Lipinski definition) is 1. The third-order valence-corrected chi connectivity index (χ3v) is 5.20. The standard InChI is InChI=1S/C18H21N5O2/c1-12-5-4-7-14-13(12)8-10-23(14)18(25)17(24)22-9-3-2-6-15(22)16-19-11-20-21-16/h4-5,7,11,15H,2-3,6,8-10H2,1H3,(H,19,20,21). The molecular weight excluding hydrogens is 318 g/mol. The minimum Gasteiger partial charge on any atom is -0.324 e. The van der Waals surface area contributed by atoms with Crippen LogP contribution in [0.3, 0.4) is 0 Å². The van der Waals surface area contributed by atoms with Crippen molar-refractivity contribution < 1.29 is 9.59 Å². The van der Waals surface area contributed by atoms with Crippen LogP contribution in [0.4, 0.5) is 5.69 Å². The van der Waals surface area contributed by atoms with Crippen LogP contribution in [0.5, 0.6) is 0 Å². The largest absolute Gasteiger partial charge is 0.324 e. The van der Waals surface area contributed by atoms with Crippen LogP contribution in [-0.4, -0.2) is 45.0 Å². The van der Waals surface area contributed by atoms with Crippen molar-refractivity contribution in [1.29, 1.82) is 0 Å². The summed E-state index contributed by atoms with van der Waals surface area (Å²) in [6.07, 6.45) is 4.94. The van der Waals surface area contributed by atoms with E-state index < -0.39 is 11.8 Å². The number of aromatic amines is 1. The van der Waals surface area contributed by atoms with E-state index in [0.29, 0.717) is 18.9 Å². The average Bonchev–Trinajstić information content (AvgIpc) is 3.31. The minimum absolute atomic E-state index is 0.202. The van der Waals surface area contributed by atoms with E-state index in [-0.39, 0.29) is 6.04 Å². The lowest BCUT2D eigenvalue weighted by Gasteiger charge is -2.34. The molecule has 2 aromatic rings. The lowest BCUT2D eigenvalue weighted by molar-refractivity contribution is -0.147. The molecule has 7 heteroatoms. The van der Waals surface area contributed by atoms with Gasteiger partial charge in [-0.25, -0.2) is 4.98 Å². The Hall–Kier alpha value is -2.70. The fourth-order valence-corrected chi connectivity index (χ4v) is 3.89. The maximum Gasteiger partial charge on any atom is 0.316 e. The number of amides is 2. The zero-order chi connectivity index (χ0) is 17.4. The van der Waals surface area contributed by atoms with E-state index in [1.807, 2.05) is 25.1 Å². The van der Waals surface area contributed by atoms with Crippen LogP contribution in [0.15, 0.2) is 24.5 Å². The highest BCUT2D eigenvalue weighted by Crippen LogP contribution is 2.32. The number of H-pyrrole nitrogens is 1. The Balaban J connectivity index is 1.58. The third kappa shape index (κ3) is 2.69. The molecule has 1 aromatic heterocycles. The Morgan fingerprint density at radius 3 is 2.88 bits per heavy atom. The number of fused-ring (bicyclic) bond motifs is 1. The van der Waals surface area contributed by atoms with Gasteiger partial charge in [-0.15, -0.1) is 0 Å². The van der Waals surface area contributed by atoms with Crippen molar-refractivity contribution in [1.82, 2.24) is 20.1 Å². The van der Waals surface area contributed by atoms with Gasteiger partial charge in [-0.05, 0) is 49.8 Å². The molecule has 0 bridgehead atoms. The smallest absolute Gasteiger partial charge is 0.316 e. The van der Waals surface area contributed by atoms with Crippen LogP contribution in [0.1, 0.15) is 42.3 Å². The molecule has 0 radical (unpaired) electrons. The second-order valence-corrected chi connectivity index (χ2v) is 6.66. The van der Waals surface area contributed by atoms with E-state index >= 15 is 0 Å². The van der Waals surface area contributed by atoms with Crippen molar-refractivity contribution in [2.45, 2.75) is 38.6 Å². The molecule has 7 nitrogen and oxygen atoms in total. The van der Waals surface area contributed by atoms with Crippen LogP contribution in [0, 0.1) is 6.92 Å². The Morgan fingerprint density at radius 2 is 2.08 bits per heavy atom. The summed E-state index contributed by atoms with van der Waals surface area (Å²) in [5.41, 5.74) is 3.19. The monoisotopic (exact) mass is 339 g/mol. The molecule has 1 fully saturated rings. The van der Waals surface area contributed by atoms with Crippen LogP contribution in [0.25, 0.3) is 0 Å². The van der Waals surface area contributed by atoms with E-state index in [0.717, 1.165) is 42.5 Å². The van der Waals surface area contributed by atoms with Gasteiger partial charge in [0, 0.05) is 18.8 Å². The number of carbonyl (C=O) groups is 2. The molecule has 4 rings (SSSR count). The molecule has 0 saturated carbocycles. The first kappa shape index (κ1) is 15.8. The van der Waals surface area contributed by atoms with Gasteiger partial charge in [-0.1, -0.05) is 12.1 Å². The molecule has 2 aliphatic rings. The van der Waals surface area contributed by atoms with Gasteiger partial charge in [0.15, 0.2) is 0 Å². The van der Waals surface area contributed by atoms with Gasteiger partial charge in [0.2, 0.25) is 0 Å². The van der Waals surface area contributed by atoms with Crippen LogP contribution in [0.2, 0.25) is 0 Å². The van der Waals surface area contributed by atoms with E-state index in [2.05, 4.69) is 15.2 Å². The number of benzene rings is 1. The third-order valence-electron chi connectivity index (χ3n) is 5.20. The van der Waals surface area contributed by atoms with E-state index in [1.54, 1.807) is 9.80 Å². The first-order valence-corrected chi connectivity index (χ1v) is 8.73. The molecule has 0 aliphatic carbocycles. The number of hydrogen-bond acceptors (Lipinski definition) is 4. The van der Waals surface area contributed by atoms with Gasteiger partial charge < -0.3 is 9.80 Å². The Kier molecular flexibility index (Phi) is 3.99. The van der Waals surface area contributed by atoms with Crippen molar-refractivity contribution >= 4 is 17.5 Å². The van der Waals surface area contributed by atoms with Gasteiger partial charge in [0.1, 0.15) is 12.2 Å². The van der Waals surface area contributed by atoms with Crippen molar-refractivity contribution in [3.8, 4) is 0 Å². The van der Waals surface area contributed by atoms with Crippen LogP contribution < -0.4 is 4.90 Å². The zero-order valence-corrected chi connectivity index (χ0v) is 14.2. The molecule has 130 valence electrons. The van der Waals surface area contributed by atoms with E-state index in [9.17, 15) is 9.59 Å². The normalized spacial score (nSPS) is 19.8. The predicted molar refractivity (Wildman–Crippen MR) is 91.9 cm³/mol. The summed E-state index contributed by atoms with van der Waals surface area (Å²) < 4.78 is 0. The maximum atomic E-state index is 13.0. The number of rotatable bonds is 1. The molecule has 2 amide bonds. The second kappa shape index (κ2) is 6.31. The molecule has 3 heterocycles. The molecule has 1 saturated heterocycles. The fraction of sp³-hybridized carbons (Fsp3) is 0.444. The molecule has 1 atom stereocenters. The van der Waals surface area contributed by atoms with Gasteiger partial charge in [-0.3, -0.25) is 14.7 Å². The Bertz CT molecular complexity index is 802. The molecule has 1 aromatic carbocycles. The minimum atomic E-state index is -0.449. The summed E-state index contributed by atoms with van der Waals surface area (Å²) in [5, 5.41) is 6.73. The van der Waals surface area contributed by atoms with Crippen molar-refractivity contribution in [3.05, 3.63) is 41.5 Å². The zero-order valence-electron chi connectivity index (χ0n) is 14.2. The quantitative estimate of drug-likeness (QED) is 0.803. The van der Waals surface area contributed by atoms with Crippen molar-refractivity contribution in [2.24, 2.45) is 0 Å².